The van der Waals surface area contributed by atoms with Crippen molar-refractivity contribution in [3.8, 4) is 11.1 Å². The molecule has 8 heteroatoms. The van der Waals surface area contributed by atoms with Gasteiger partial charge in [0.2, 0.25) is 5.91 Å². The maximum atomic E-state index is 12.8. The van der Waals surface area contributed by atoms with Crippen molar-refractivity contribution < 1.29 is 4.79 Å². The maximum absolute atomic E-state index is 12.8. The third-order valence-corrected chi connectivity index (χ3v) is 5.84. The molecule has 0 aliphatic heterocycles. The smallest absolute Gasteiger partial charge is 0.246 e. The zero-order chi connectivity index (χ0) is 23.7. The number of aromatic nitrogens is 5. The van der Waals surface area contributed by atoms with Crippen LogP contribution in [-0.2, 0) is 17.9 Å². The summed E-state index contributed by atoms with van der Waals surface area (Å²) in [6.07, 6.45) is 5.14. The molecular formula is C26H23ClN6O. The predicted octanol–water partition coefficient (Wildman–Crippen LogP) is 5.25. The molecule has 1 N–H and O–H groups in total. The number of carbonyl (C=O) groups is 1. The lowest BCUT2D eigenvalue weighted by atomic mass is 10.0. The number of anilines is 1. The largest absolute Gasteiger partial charge is 0.324 e. The number of rotatable bonds is 6. The highest BCUT2D eigenvalue weighted by molar-refractivity contribution is 6.30. The molecule has 5 aromatic rings. The van der Waals surface area contributed by atoms with Crippen molar-refractivity contribution in [3.63, 3.8) is 0 Å². The van der Waals surface area contributed by atoms with Gasteiger partial charge >= 0.3 is 0 Å². The Morgan fingerprint density at radius 3 is 2.50 bits per heavy atom. The van der Waals surface area contributed by atoms with Crippen molar-refractivity contribution in [2.45, 2.75) is 26.9 Å². The van der Waals surface area contributed by atoms with Gasteiger partial charge in [0.1, 0.15) is 6.54 Å². The van der Waals surface area contributed by atoms with Crippen LogP contribution in [0.1, 0.15) is 16.8 Å². The standard InChI is InChI=1S/C26H23ClN6O/c1-17-3-7-20(8-4-17)23-11-12-28-26-25(23)18(2)31-33(26)16-24(34)30-22-9-5-19(6-10-22)14-32-15-21(27)13-29-32/h3-13,15H,14,16H2,1-2H3,(H,30,34). The fourth-order valence-corrected chi connectivity index (χ4v) is 4.16. The van der Waals surface area contributed by atoms with Gasteiger partial charge in [-0.3, -0.25) is 9.48 Å². The highest BCUT2D eigenvalue weighted by Crippen LogP contribution is 2.30. The second kappa shape index (κ2) is 9.11. The Hall–Kier alpha value is -3.97. The zero-order valence-corrected chi connectivity index (χ0v) is 19.6. The van der Waals surface area contributed by atoms with Crippen LogP contribution in [-0.4, -0.2) is 30.5 Å². The number of amides is 1. The molecule has 34 heavy (non-hydrogen) atoms. The summed E-state index contributed by atoms with van der Waals surface area (Å²) in [6, 6.07) is 18.0. The van der Waals surface area contributed by atoms with Crippen LogP contribution < -0.4 is 5.32 Å². The number of hydrogen-bond donors (Lipinski definition) is 1. The molecule has 0 saturated heterocycles. The Morgan fingerprint density at radius 1 is 1.03 bits per heavy atom. The topological polar surface area (TPSA) is 77.6 Å². The highest BCUT2D eigenvalue weighted by atomic mass is 35.5. The van der Waals surface area contributed by atoms with Crippen molar-refractivity contribution >= 4 is 34.2 Å². The number of aryl methyl sites for hydroxylation is 2. The Labute approximate surface area is 202 Å². The fraction of sp³-hybridized carbons (Fsp3) is 0.154. The molecule has 0 saturated carbocycles. The SMILES string of the molecule is Cc1ccc(-c2ccnc3c2c(C)nn3CC(=O)Nc2ccc(Cn3cc(Cl)cn3)cc2)cc1. The number of nitrogens with one attached hydrogen (secondary N) is 1. The minimum absolute atomic E-state index is 0.0717. The molecule has 0 fully saturated rings. The Kier molecular flexibility index (Phi) is 5.86. The minimum atomic E-state index is -0.168. The molecule has 0 bridgehead atoms. The molecule has 5 rings (SSSR count). The Balaban J connectivity index is 1.32. The van der Waals surface area contributed by atoms with Gasteiger partial charge in [-0.25, -0.2) is 9.67 Å². The molecule has 0 spiro atoms. The maximum Gasteiger partial charge on any atom is 0.246 e. The van der Waals surface area contributed by atoms with E-state index in [1.54, 1.807) is 28.0 Å². The quantitative estimate of drug-likeness (QED) is 0.367. The Bertz CT molecular complexity index is 1470. The molecule has 0 unspecified atom stereocenters. The molecule has 0 aliphatic rings. The number of fused-ring (bicyclic) bond motifs is 1. The van der Waals surface area contributed by atoms with Crippen LogP contribution >= 0.6 is 11.6 Å². The van der Waals surface area contributed by atoms with Gasteiger partial charge in [-0.2, -0.15) is 10.2 Å². The molecule has 0 atom stereocenters. The summed E-state index contributed by atoms with van der Waals surface area (Å²) in [5, 5.41) is 13.3. The molecule has 170 valence electrons. The third-order valence-electron chi connectivity index (χ3n) is 5.65. The van der Waals surface area contributed by atoms with Gasteiger partial charge in [-0.15, -0.1) is 0 Å². The number of halogens is 1. The minimum Gasteiger partial charge on any atom is -0.324 e. The van der Waals surface area contributed by atoms with Gasteiger partial charge in [0.05, 0.1) is 23.5 Å². The van der Waals surface area contributed by atoms with Gasteiger partial charge in [0, 0.05) is 23.5 Å². The van der Waals surface area contributed by atoms with Crippen molar-refractivity contribution in [1.29, 1.82) is 0 Å². The van der Waals surface area contributed by atoms with Gasteiger partial charge in [-0.05, 0) is 48.7 Å². The van der Waals surface area contributed by atoms with Gasteiger partial charge in [0.25, 0.3) is 0 Å². The summed E-state index contributed by atoms with van der Waals surface area (Å²) in [6.45, 7) is 4.69. The van der Waals surface area contributed by atoms with Gasteiger partial charge in [0.15, 0.2) is 5.65 Å². The number of benzene rings is 2. The van der Waals surface area contributed by atoms with Crippen LogP contribution in [0.5, 0.6) is 0 Å². The summed E-state index contributed by atoms with van der Waals surface area (Å²) in [5.74, 6) is -0.168. The highest BCUT2D eigenvalue weighted by Gasteiger charge is 2.16. The first-order chi connectivity index (χ1) is 16.5. The third kappa shape index (κ3) is 4.56. The van der Waals surface area contributed by atoms with Crippen LogP contribution in [0.15, 0.2) is 73.2 Å². The molecular weight excluding hydrogens is 448 g/mol. The number of carbonyl (C=O) groups excluding carboxylic acids is 1. The van der Waals surface area contributed by atoms with E-state index in [-0.39, 0.29) is 12.5 Å². The zero-order valence-electron chi connectivity index (χ0n) is 18.9. The molecule has 1 amide bonds. The van der Waals surface area contributed by atoms with E-state index in [9.17, 15) is 4.79 Å². The van der Waals surface area contributed by atoms with Crippen molar-refractivity contribution in [2.75, 3.05) is 5.32 Å². The summed E-state index contributed by atoms with van der Waals surface area (Å²) in [5.41, 5.74) is 6.67. The van der Waals surface area contributed by atoms with Crippen molar-refractivity contribution in [2.24, 2.45) is 0 Å². The Morgan fingerprint density at radius 2 is 1.79 bits per heavy atom. The van der Waals surface area contributed by atoms with Crippen LogP contribution in [0, 0.1) is 13.8 Å². The van der Waals surface area contributed by atoms with Crippen molar-refractivity contribution in [1.82, 2.24) is 24.5 Å². The van der Waals surface area contributed by atoms with E-state index in [4.69, 9.17) is 11.6 Å². The van der Waals surface area contributed by atoms with E-state index in [1.807, 2.05) is 37.3 Å². The lowest BCUT2D eigenvalue weighted by Crippen LogP contribution is -2.19. The lowest BCUT2D eigenvalue weighted by Gasteiger charge is -2.08. The van der Waals surface area contributed by atoms with E-state index >= 15 is 0 Å². The summed E-state index contributed by atoms with van der Waals surface area (Å²) in [4.78, 5) is 17.3. The van der Waals surface area contributed by atoms with E-state index < -0.39 is 0 Å². The van der Waals surface area contributed by atoms with E-state index in [2.05, 4.69) is 51.7 Å². The predicted molar refractivity (Wildman–Crippen MR) is 134 cm³/mol. The van der Waals surface area contributed by atoms with Gasteiger partial charge < -0.3 is 5.32 Å². The van der Waals surface area contributed by atoms with E-state index in [1.165, 1.54) is 5.56 Å². The normalized spacial score (nSPS) is 11.1. The number of pyridine rings is 1. The monoisotopic (exact) mass is 470 g/mol. The van der Waals surface area contributed by atoms with Crippen LogP contribution in [0.2, 0.25) is 5.02 Å². The molecule has 2 aromatic carbocycles. The molecule has 7 nitrogen and oxygen atoms in total. The van der Waals surface area contributed by atoms with Crippen LogP contribution in [0.25, 0.3) is 22.2 Å². The number of nitrogens with zero attached hydrogens (tertiary/aromatic N) is 5. The number of hydrogen-bond acceptors (Lipinski definition) is 4. The first kappa shape index (κ1) is 21.9. The van der Waals surface area contributed by atoms with Crippen LogP contribution in [0.4, 0.5) is 5.69 Å². The molecule has 0 aliphatic carbocycles. The summed E-state index contributed by atoms with van der Waals surface area (Å²) < 4.78 is 3.42. The van der Waals surface area contributed by atoms with E-state index in [0.29, 0.717) is 22.9 Å². The lowest BCUT2D eigenvalue weighted by molar-refractivity contribution is -0.116. The second-order valence-electron chi connectivity index (χ2n) is 8.27. The fourth-order valence-electron chi connectivity index (χ4n) is 4.01. The van der Waals surface area contributed by atoms with Crippen molar-refractivity contribution in [3.05, 3.63) is 95.0 Å². The van der Waals surface area contributed by atoms with E-state index in [0.717, 1.165) is 27.8 Å². The molecule has 3 aromatic heterocycles. The van der Waals surface area contributed by atoms with Crippen LogP contribution in [0.3, 0.4) is 0 Å². The first-order valence-electron chi connectivity index (χ1n) is 10.9. The molecule has 0 radical (unpaired) electrons. The second-order valence-corrected chi connectivity index (χ2v) is 8.70. The average Bonchev–Trinajstić information content (AvgIpc) is 3.38. The summed E-state index contributed by atoms with van der Waals surface area (Å²) >= 11 is 5.92. The first-order valence-corrected chi connectivity index (χ1v) is 11.3. The average molecular weight is 471 g/mol. The molecule has 3 heterocycles. The van der Waals surface area contributed by atoms with Gasteiger partial charge in [-0.1, -0.05) is 53.6 Å². The summed E-state index contributed by atoms with van der Waals surface area (Å²) in [7, 11) is 0.